The number of ketones is 1. The van der Waals surface area contributed by atoms with E-state index in [2.05, 4.69) is 36.1 Å². The van der Waals surface area contributed by atoms with Crippen LogP contribution >= 0.6 is 0 Å². The number of nitrogens with zero attached hydrogens (tertiary/aromatic N) is 1. The van der Waals surface area contributed by atoms with Crippen LogP contribution in [0.5, 0.6) is 0 Å². The topological polar surface area (TPSA) is 20.3 Å². The summed E-state index contributed by atoms with van der Waals surface area (Å²) in [6.07, 6.45) is 1.65. The maximum atomic E-state index is 12.2. The number of carbonyl (C=O) groups excluding carboxylic acids is 1. The first-order valence-corrected chi connectivity index (χ1v) is 7.18. The standard InChI is InChI=1S/C18H19NO/c1-14-13-16-9-5-6-10-17(16)19(14)12-11-18(20)15-7-3-2-4-8-15/h2-10,14H,11-13H2,1H3. The molecule has 1 aliphatic rings. The van der Waals surface area contributed by atoms with Crippen molar-refractivity contribution >= 4 is 11.5 Å². The Morgan fingerprint density at radius 2 is 1.80 bits per heavy atom. The first-order chi connectivity index (χ1) is 9.75. The zero-order chi connectivity index (χ0) is 13.9. The van der Waals surface area contributed by atoms with Gasteiger partial charge in [-0.25, -0.2) is 0 Å². The summed E-state index contributed by atoms with van der Waals surface area (Å²) in [4.78, 5) is 14.6. The quantitative estimate of drug-likeness (QED) is 0.785. The van der Waals surface area contributed by atoms with Crippen molar-refractivity contribution in [1.82, 2.24) is 0 Å². The van der Waals surface area contributed by atoms with Gasteiger partial charge >= 0.3 is 0 Å². The summed E-state index contributed by atoms with van der Waals surface area (Å²) in [5.41, 5.74) is 3.50. The minimum atomic E-state index is 0.224. The molecule has 20 heavy (non-hydrogen) atoms. The predicted octanol–water partition coefficient (Wildman–Crippen LogP) is 3.71. The van der Waals surface area contributed by atoms with E-state index in [9.17, 15) is 4.79 Å². The van der Waals surface area contributed by atoms with Crippen LogP contribution in [-0.2, 0) is 6.42 Å². The summed E-state index contributed by atoms with van der Waals surface area (Å²) in [6, 6.07) is 18.5. The molecule has 0 fully saturated rings. The van der Waals surface area contributed by atoms with Crippen molar-refractivity contribution in [2.75, 3.05) is 11.4 Å². The van der Waals surface area contributed by atoms with Crippen molar-refractivity contribution in [3.63, 3.8) is 0 Å². The average Bonchev–Trinajstić information content (AvgIpc) is 2.81. The zero-order valence-corrected chi connectivity index (χ0v) is 11.8. The second-order valence-electron chi connectivity index (χ2n) is 5.41. The summed E-state index contributed by atoms with van der Waals surface area (Å²) in [7, 11) is 0. The van der Waals surface area contributed by atoms with Crippen LogP contribution in [0, 0.1) is 0 Å². The van der Waals surface area contributed by atoms with Crippen LogP contribution in [0.15, 0.2) is 54.6 Å². The molecule has 0 bridgehead atoms. The second-order valence-corrected chi connectivity index (χ2v) is 5.41. The van der Waals surface area contributed by atoms with Crippen molar-refractivity contribution < 1.29 is 4.79 Å². The van der Waals surface area contributed by atoms with Crippen molar-refractivity contribution in [1.29, 1.82) is 0 Å². The maximum absolute atomic E-state index is 12.2. The van der Waals surface area contributed by atoms with Gasteiger partial charge in [-0.1, -0.05) is 48.5 Å². The fraction of sp³-hybridized carbons (Fsp3) is 0.278. The number of Topliss-reactive ketones (excluding diaryl/α,β-unsaturated/α-hetero) is 1. The Balaban J connectivity index is 1.69. The first kappa shape index (κ1) is 12.9. The normalized spacial score (nSPS) is 17.1. The number of hydrogen-bond acceptors (Lipinski definition) is 2. The van der Waals surface area contributed by atoms with Crippen LogP contribution in [0.1, 0.15) is 29.3 Å². The smallest absolute Gasteiger partial charge is 0.164 e. The van der Waals surface area contributed by atoms with E-state index in [1.165, 1.54) is 11.3 Å². The molecule has 0 aliphatic carbocycles. The molecule has 1 heterocycles. The summed E-state index contributed by atoms with van der Waals surface area (Å²) < 4.78 is 0. The molecule has 0 N–H and O–H groups in total. The SMILES string of the molecule is CC1Cc2ccccc2N1CCC(=O)c1ccccc1. The van der Waals surface area contributed by atoms with Crippen LogP contribution in [0.2, 0.25) is 0 Å². The molecule has 102 valence electrons. The molecule has 2 aromatic rings. The molecule has 1 atom stereocenters. The van der Waals surface area contributed by atoms with E-state index in [0.29, 0.717) is 12.5 Å². The van der Waals surface area contributed by atoms with E-state index in [-0.39, 0.29) is 5.78 Å². The lowest BCUT2D eigenvalue weighted by Crippen LogP contribution is -2.31. The van der Waals surface area contributed by atoms with Crippen molar-refractivity contribution in [3.8, 4) is 0 Å². The number of rotatable bonds is 4. The van der Waals surface area contributed by atoms with E-state index >= 15 is 0 Å². The van der Waals surface area contributed by atoms with Gasteiger partial charge in [0.2, 0.25) is 0 Å². The highest BCUT2D eigenvalue weighted by Crippen LogP contribution is 2.31. The Kier molecular flexibility index (Phi) is 3.55. The Morgan fingerprint density at radius 1 is 1.10 bits per heavy atom. The molecule has 0 saturated heterocycles. The number of benzene rings is 2. The van der Waals surface area contributed by atoms with E-state index in [1.807, 2.05) is 30.3 Å². The van der Waals surface area contributed by atoms with E-state index in [0.717, 1.165) is 18.5 Å². The largest absolute Gasteiger partial charge is 0.368 e. The Morgan fingerprint density at radius 3 is 2.60 bits per heavy atom. The van der Waals surface area contributed by atoms with E-state index in [1.54, 1.807) is 0 Å². The average molecular weight is 265 g/mol. The lowest BCUT2D eigenvalue weighted by atomic mass is 10.1. The van der Waals surface area contributed by atoms with Gasteiger partial charge in [-0.3, -0.25) is 4.79 Å². The van der Waals surface area contributed by atoms with Gasteiger partial charge in [0.15, 0.2) is 5.78 Å². The van der Waals surface area contributed by atoms with Crippen LogP contribution in [-0.4, -0.2) is 18.4 Å². The number of fused-ring (bicyclic) bond motifs is 1. The Hall–Kier alpha value is -2.09. The summed E-state index contributed by atoms with van der Waals surface area (Å²) in [5, 5.41) is 0. The molecule has 3 rings (SSSR count). The van der Waals surface area contributed by atoms with Crippen molar-refractivity contribution in [3.05, 3.63) is 65.7 Å². The minimum absolute atomic E-state index is 0.224. The van der Waals surface area contributed by atoms with Gasteiger partial charge in [-0.15, -0.1) is 0 Å². The van der Waals surface area contributed by atoms with Gasteiger partial charge in [0.25, 0.3) is 0 Å². The van der Waals surface area contributed by atoms with Crippen LogP contribution < -0.4 is 4.90 Å². The number of anilines is 1. The van der Waals surface area contributed by atoms with Gasteiger partial charge in [0, 0.05) is 30.3 Å². The highest BCUT2D eigenvalue weighted by atomic mass is 16.1. The minimum Gasteiger partial charge on any atom is -0.368 e. The molecule has 0 saturated carbocycles. The molecule has 2 aromatic carbocycles. The van der Waals surface area contributed by atoms with E-state index in [4.69, 9.17) is 0 Å². The third-order valence-corrected chi connectivity index (χ3v) is 4.02. The van der Waals surface area contributed by atoms with Crippen LogP contribution in [0.4, 0.5) is 5.69 Å². The summed E-state index contributed by atoms with van der Waals surface area (Å²) in [5.74, 6) is 0.224. The molecule has 0 radical (unpaired) electrons. The third-order valence-electron chi connectivity index (χ3n) is 4.02. The van der Waals surface area contributed by atoms with Gasteiger partial charge in [-0.2, -0.15) is 0 Å². The molecule has 0 aromatic heterocycles. The molecule has 0 spiro atoms. The molecular weight excluding hydrogens is 246 g/mol. The summed E-state index contributed by atoms with van der Waals surface area (Å²) >= 11 is 0. The highest BCUT2D eigenvalue weighted by Gasteiger charge is 2.25. The Bertz CT molecular complexity index is 606. The first-order valence-electron chi connectivity index (χ1n) is 7.18. The lowest BCUT2D eigenvalue weighted by Gasteiger charge is -2.24. The second kappa shape index (κ2) is 5.49. The lowest BCUT2D eigenvalue weighted by molar-refractivity contribution is 0.0984. The Labute approximate surface area is 120 Å². The van der Waals surface area contributed by atoms with Gasteiger partial charge in [0.1, 0.15) is 0 Å². The van der Waals surface area contributed by atoms with Gasteiger partial charge < -0.3 is 4.90 Å². The molecule has 1 unspecified atom stereocenters. The fourth-order valence-corrected chi connectivity index (χ4v) is 2.96. The molecule has 0 amide bonds. The highest BCUT2D eigenvalue weighted by molar-refractivity contribution is 5.96. The number of hydrogen-bond donors (Lipinski definition) is 0. The van der Waals surface area contributed by atoms with Gasteiger partial charge in [-0.05, 0) is 25.0 Å². The molecule has 2 heteroatoms. The predicted molar refractivity (Wildman–Crippen MR) is 82.3 cm³/mol. The van der Waals surface area contributed by atoms with Crippen molar-refractivity contribution in [2.24, 2.45) is 0 Å². The van der Waals surface area contributed by atoms with Crippen LogP contribution in [0.3, 0.4) is 0 Å². The molecule has 1 aliphatic heterocycles. The number of para-hydroxylation sites is 1. The number of carbonyl (C=O) groups is 1. The maximum Gasteiger partial charge on any atom is 0.164 e. The van der Waals surface area contributed by atoms with Gasteiger partial charge in [0.05, 0.1) is 0 Å². The molecular formula is C18H19NO. The monoisotopic (exact) mass is 265 g/mol. The molecule has 2 nitrogen and oxygen atoms in total. The fourth-order valence-electron chi connectivity index (χ4n) is 2.96. The third kappa shape index (κ3) is 2.46. The van der Waals surface area contributed by atoms with Crippen LogP contribution in [0.25, 0.3) is 0 Å². The zero-order valence-electron chi connectivity index (χ0n) is 11.8. The van der Waals surface area contributed by atoms with E-state index < -0.39 is 0 Å². The summed E-state index contributed by atoms with van der Waals surface area (Å²) in [6.45, 7) is 3.03. The van der Waals surface area contributed by atoms with Crippen molar-refractivity contribution in [2.45, 2.75) is 25.8 Å².